The molecule has 1 N–H and O–H groups in total. The first-order valence-electron chi connectivity index (χ1n) is 8.77. The van der Waals surface area contributed by atoms with E-state index in [1.807, 2.05) is 0 Å². The van der Waals surface area contributed by atoms with E-state index in [0.717, 1.165) is 0 Å². The summed E-state index contributed by atoms with van der Waals surface area (Å²) in [5, 5.41) is 13.3. The maximum Gasteiger partial charge on any atom is 0.387 e. The quantitative estimate of drug-likeness (QED) is 0.617. The van der Waals surface area contributed by atoms with Crippen LogP contribution in [0.2, 0.25) is 0 Å². The number of esters is 2. The van der Waals surface area contributed by atoms with Crippen LogP contribution in [0.1, 0.15) is 24.8 Å². The van der Waals surface area contributed by atoms with Crippen LogP contribution in [0.4, 0.5) is 8.78 Å². The maximum atomic E-state index is 12.9. The fourth-order valence-electron chi connectivity index (χ4n) is 2.98. The van der Waals surface area contributed by atoms with Crippen molar-refractivity contribution in [2.75, 3.05) is 20.0 Å². The van der Waals surface area contributed by atoms with Gasteiger partial charge in [-0.1, -0.05) is 18.2 Å². The van der Waals surface area contributed by atoms with Crippen LogP contribution in [-0.2, 0) is 19.1 Å². The number of ether oxygens (including phenoxy) is 3. The number of alkyl halides is 2. The van der Waals surface area contributed by atoms with E-state index in [9.17, 15) is 23.6 Å². The Balaban J connectivity index is 2.57. The zero-order valence-electron chi connectivity index (χ0n) is 16.5. The number of hydrogen-bond acceptors (Lipinski definition) is 8. The molecular weight excluding hydrogens is 418 g/mol. The zero-order valence-corrected chi connectivity index (χ0v) is 17.3. The molecule has 1 aromatic rings. The Bertz CT molecular complexity index is 924. The van der Waals surface area contributed by atoms with Crippen LogP contribution in [-0.4, -0.2) is 38.5 Å². The lowest BCUT2D eigenvalue weighted by atomic mass is 9.82. The van der Waals surface area contributed by atoms with Gasteiger partial charge in [0.1, 0.15) is 5.75 Å². The molecule has 7 nitrogen and oxygen atoms in total. The minimum absolute atomic E-state index is 0.105. The van der Waals surface area contributed by atoms with Crippen LogP contribution in [0.25, 0.3) is 0 Å². The Hall–Kier alpha value is -3.06. The number of allylic oxidation sites excluding steroid dienone is 2. The van der Waals surface area contributed by atoms with Gasteiger partial charge in [-0.3, -0.25) is 4.79 Å². The molecule has 0 bridgehead atoms. The van der Waals surface area contributed by atoms with E-state index in [-0.39, 0.29) is 28.9 Å². The molecule has 0 aromatic heterocycles. The van der Waals surface area contributed by atoms with Crippen molar-refractivity contribution in [2.24, 2.45) is 0 Å². The molecule has 1 aliphatic heterocycles. The topological polar surface area (TPSA) is 97.7 Å². The lowest BCUT2D eigenvalue weighted by Crippen LogP contribution is -2.29. The van der Waals surface area contributed by atoms with Gasteiger partial charge in [0, 0.05) is 17.0 Å². The van der Waals surface area contributed by atoms with E-state index in [2.05, 4.69) is 20.9 Å². The van der Waals surface area contributed by atoms with Crippen LogP contribution < -0.4 is 10.1 Å². The third-order valence-corrected chi connectivity index (χ3v) is 5.30. The van der Waals surface area contributed by atoms with Crippen LogP contribution in [0, 0.1) is 11.3 Å². The zero-order chi connectivity index (χ0) is 22.3. The number of thioether (sulfide) groups is 1. The van der Waals surface area contributed by atoms with Crippen LogP contribution >= 0.6 is 11.8 Å². The summed E-state index contributed by atoms with van der Waals surface area (Å²) in [6.45, 7) is -1.46. The molecule has 0 fully saturated rings. The van der Waals surface area contributed by atoms with Gasteiger partial charge in [0.05, 0.1) is 48.8 Å². The molecule has 0 saturated carbocycles. The first kappa shape index (κ1) is 23.2. The summed E-state index contributed by atoms with van der Waals surface area (Å²) in [6, 6.07) is 8.02. The van der Waals surface area contributed by atoms with E-state index in [4.69, 9.17) is 4.74 Å². The number of hydrogen-bond donors (Lipinski definition) is 1. The first-order chi connectivity index (χ1) is 14.3. The standard InChI is InChI=1S/C20H20F2N2O5S/c1-11-16(19(26)28-3)17(12-6-4-5-7-14(12)29-20(21)22)13(10-23)18(24-11)30-9-8-15(25)27-2/h4-7,17,20,24H,8-9H2,1-3H3. The number of halogens is 2. The average Bonchev–Trinajstić information content (AvgIpc) is 2.72. The number of nitrogens with one attached hydrogen (secondary N) is 1. The fourth-order valence-corrected chi connectivity index (χ4v) is 4.00. The Kier molecular flexibility index (Phi) is 8.24. The van der Waals surface area contributed by atoms with Gasteiger partial charge in [0.2, 0.25) is 0 Å². The van der Waals surface area contributed by atoms with Gasteiger partial charge in [-0.05, 0) is 13.0 Å². The Morgan fingerprint density at radius 3 is 2.57 bits per heavy atom. The normalized spacial score (nSPS) is 16.1. The van der Waals surface area contributed by atoms with Gasteiger partial charge >= 0.3 is 18.6 Å². The van der Waals surface area contributed by atoms with Crippen molar-refractivity contribution in [1.29, 1.82) is 5.26 Å². The molecule has 1 atom stereocenters. The summed E-state index contributed by atoms with van der Waals surface area (Å²) in [6.07, 6.45) is 0.105. The highest BCUT2D eigenvalue weighted by Crippen LogP contribution is 2.44. The van der Waals surface area contributed by atoms with Gasteiger partial charge in [-0.15, -0.1) is 11.8 Å². The van der Waals surface area contributed by atoms with Crippen molar-refractivity contribution in [3.8, 4) is 11.8 Å². The van der Waals surface area contributed by atoms with Gasteiger partial charge in [-0.25, -0.2) is 4.79 Å². The highest BCUT2D eigenvalue weighted by Gasteiger charge is 2.37. The van der Waals surface area contributed by atoms with E-state index >= 15 is 0 Å². The van der Waals surface area contributed by atoms with E-state index in [1.165, 1.54) is 44.2 Å². The number of dihydropyridines is 1. The predicted octanol–water partition coefficient (Wildman–Crippen LogP) is 3.45. The Morgan fingerprint density at radius 2 is 1.97 bits per heavy atom. The van der Waals surface area contributed by atoms with Gasteiger partial charge in [0.25, 0.3) is 0 Å². The second-order valence-corrected chi connectivity index (χ2v) is 7.14. The molecule has 0 aliphatic carbocycles. The third kappa shape index (κ3) is 5.30. The highest BCUT2D eigenvalue weighted by atomic mass is 32.2. The SMILES string of the molecule is COC(=O)CCSC1=C(C#N)C(c2ccccc2OC(F)F)C(C(=O)OC)=C(C)N1. The van der Waals surface area contributed by atoms with Gasteiger partial charge in [0.15, 0.2) is 0 Å². The van der Waals surface area contributed by atoms with Crippen molar-refractivity contribution in [3.63, 3.8) is 0 Å². The number of nitrogens with zero attached hydrogens (tertiary/aromatic N) is 1. The molecule has 0 amide bonds. The maximum absolute atomic E-state index is 12.9. The van der Waals surface area contributed by atoms with Crippen LogP contribution in [0.5, 0.6) is 5.75 Å². The summed E-state index contributed by atoms with van der Waals surface area (Å²) in [7, 11) is 2.47. The number of benzene rings is 1. The molecule has 10 heteroatoms. The summed E-state index contributed by atoms with van der Waals surface area (Å²) in [5.74, 6) is -1.95. The molecule has 1 heterocycles. The van der Waals surface area contributed by atoms with Crippen molar-refractivity contribution < 1.29 is 32.6 Å². The predicted molar refractivity (Wildman–Crippen MR) is 105 cm³/mol. The molecule has 1 aliphatic rings. The summed E-state index contributed by atoms with van der Waals surface area (Å²) < 4.78 is 40.0. The second kappa shape index (κ2) is 10.6. The minimum atomic E-state index is -3.08. The molecule has 0 saturated heterocycles. The van der Waals surface area contributed by atoms with Crippen molar-refractivity contribution in [3.05, 3.63) is 51.7 Å². The number of nitriles is 1. The Labute approximate surface area is 176 Å². The summed E-state index contributed by atoms with van der Waals surface area (Å²) in [5.41, 5.74) is 0.859. The Morgan fingerprint density at radius 1 is 1.27 bits per heavy atom. The smallest absolute Gasteiger partial charge is 0.387 e. The average molecular weight is 438 g/mol. The molecule has 30 heavy (non-hydrogen) atoms. The molecule has 0 radical (unpaired) electrons. The number of methoxy groups -OCH3 is 2. The summed E-state index contributed by atoms with van der Waals surface area (Å²) in [4.78, 5) is 23.9. The highest BCUT2D eigenvalue weighted by molar-refractivity contribution is 8.03. The third-order valence-electron chi connectivity index (χ3n) is 4.28. The number of carbonyl (C=O) groups excluding carboxylic acids is 2. The lowest BCUT2D eigenvalue weighted by Gasteiger charge is -2.30. The second-order valence-electron chi connectivity index (χ2n) is 6.03. The van der Waals surface area contributed by atoms with E-state index in [1.54, 1.807) is 13.0 Å². The van der Waals surface area contributed by atoms with Crippen LogP contribution in [0.15, 0.2) is 46.1 Å². The van der Waals surface area contributed by atoms with Crippen molar-refractivity contribution >= 4 is 23.7 Å². The molecule has 160 valence electrons. The first-order valence-corrected chi connectivity index (χ1v) is 9.76. The molecule has 1 aromatic carbocycles. The molecule has 1 unspecified atom stereocenters. The number of rotatable bonds is 8. The molecular formula is C20H20F2N2O5S. The number of para-hydroxylation sites is 1. The van der Waals surface area contributed by atoms with Crippen LogP contribution in [0.3, 0.4) is 0 Å². The largest absolute Gasteiger partial charge is 0.469 e. The van der Waals surface area contributed by atoms with E-state index in [0.29, 0.717) is 16.5 Å². The monoisotopic (exact) mass is 438 g/mol. The molecule has 0 spiro atoms. The van der Waals surface area contributed by atoms with E-state index < -0.39 is 24.5 Å². The van der Waals surface area contributed by atoms with Gasteiger partial charge < -0.3 is 19.5 Å². The van der Waals surface area contributed by atoms with Gasteiger partial charge in [-0.2, -0.15) is 14.0 Å². The van der Waals surface area contributed by atoms with Crippen molar-refractivity contribution in [1.82, 2.24) is 5.32 Å². The van der Waals surface area contributed by atoms with Crippen molar-refractivity contribution in [2.45, 2.75) is 25.9 Å². The number of carbonyl (C=O) groups is 2. The summed E-state index contributed by atoms with van der Waals surface area (Å²) >= 11 is 1.19. The fraction of sp³-hybridized carbons (Fsp3) is 0.350. The lowest BCUT2D eigenvalue weighted by molar-refractivity contribution is -0.140. The minimum Gasteiger partial charge on any atom is -0.469 e. The molecule has 2 rings (SSSR count).